The number of hydrogen-bond donors (Lipinski definition) is 1. The van der Waals surface area contributed by atoms with Gasteiger partial charge in [-0.1, -0.05) is 18.2 Å². The lowest BCUT2D eigenvalue weighted by Crippen LogP contribution is -2.06. The maximum Gasteiger partial charge on any atom is 0.218 e. The first-order valence-electron chi connectivity index (χ1n) is 5.15. The standard InChI is InChI=1S/C11H12N4O/c1-15-11(12)13-10(14-15)9-6-7-4-2-3-5-8(7)16-9/h2-5,9H,6H2,1H3,(H2,12,13,14). The molecule has 1 aromatic carbocycles. The fourth-order valence-corrected chi connectivity index (χ4v) is 1.88. The van der Waals surface area contributed by atoms with Gasteiger partial charge in [-0.05, 0) is 11.6 Å². The van der Waals surface area contributed by atoms with E-state index in [0.29, 0.717) is 11.8 Å². The second-order valence-corrected chi connectivity index (χ2v) is 3.87. The van der Waals surface area contributed by atoms with Gasteiger partial charge >= 0.3 is 0 Å². The molecule has 16 heavy (non-hydrogen) atoms. The van der Waals surface area contributed by atoms with E-state index >= 15 is 0 Å². The molecule has 1 aliphatic heterocycles. The molecule has 2 heterocycles. The molecule has 0 saturated carbocycles. The largest absolute Gasteiger partial charge is 0.482 e. The van der Waals surface area contributed by atoms with E-state index < -0.39 is 0 Å². The number of para-hydroxylation sites is 1. The Labute approximate surface area is 92.9 Å². The molecule has 1 aromatic heterocycles. The van der Waals surface area contributed by atoms with E-state index in [4.69, 9.17) is 10.5 Å². The van der Waals surface area contributed by atoms with Crippen LogP contribution in [-0.2, 0) is 13.5 Å². The van der Waals surface area contributed by atoms with Crippen LogP contribution in [0.25, 0.3) is 0 Å². The zero-order valence-corrected chi connectivity index (χ0v) is 8.92. The Balaban J connectivity index is 1.91. The Bertz CT molecular complexity index is 490. The Morgan fingerprint density at radius 3 is 2.94 bits per heavy atom. The molecule has 3 rings (SSSR count). The summed E-state index contributed by atoms with van der Waals surface area (Å²) < 4.78 is 7.32. The van der Waals surface area contributed by atoms with Crippen molar-refractivity contribution in [3.8, 4) is 5.75 Å². The number of hydrogen-bond acceptors (Lipinski definition) is 4. The van der Waals surface area contributed by atoms with E-state index in [2.05, 4.69) is 16.1 Å². The molecular weight excluding hydrogens is 204 g/mol. The third-order valence-corrected chi connectivity index (χ3v) is 2.75. The molecule has 5 nitrogen and oxygen atoms in total. The van der Waals surface area contributed by atoms with Crippen molar-refractivity contribution in [2.24, 2.45) is 7.05 Å². The van der Waals surface area contributed by atoms with E-state index in [0.717, 1.165) is 12.2 Å². The van der Waals surface area contributed by atoms with Gasteiger partial charge in [-0.2, -0.15) is 10.1 Å². The maximum atomic E-state index is 5.77. The van der Waals surface area contributed by atoms with E-state index in [1.54, 1.807) is 11.7 Å². The molecule has 0 bridgehead atoms. The molecule has 0 spiro atoms. The van der Waals surface area contributed by atoms with Crippen molar-refractivity contribution in [2.75, 3.05) is 5.73 Å². The molecule has 0 radical (unpaired) electrons. The number of aryl methyl sites for hydroxylation is 1. The van der Waals surface area contributed by atoms with Crippen LogP contribution in [0.2, 0.25) is 0 Å². The van der Waals surface area contributed by atoms with E-state index in [1.807, 2.05) is 18.2 Å². The van der Waals surface area contributed by atoms with Gasteiger partial charge in [0.2, 0.25) is 5.95 Å². The highest BCUT2D eigenvalue weighted by molar-refractivity contribution is 5.38. The van der Waals surface area contributed by atoms with Crippen molar-refractivity contribution in [2.45, 2.75) is 12.5 Å². The SMILES string of the molecule is Cn1nc(C2Cc3ccccc3O2)nc1N. The van der Waals surface area contributed by atoms with Gasteiger partial charge in [-0.3, -0.25) is 0 Å². The van der Waals surface area contributed by atoms with Crippen LogP contribution in [0.1, 0.15) is 17.5 Å². The lowest BCUT2D eigenvalue weighted by atomic mass is 10.1. The molecule has 0 fully saturated rings. The zero-order valence-electron chi connectivity index (χ0n) is 8.92. The van der Waals surface area contributed by atoms with Gasteiger partial charge in [0.25, 0.3) is 0 Å². The summed E-state index contributed by atoms with van der Waals surface area (Å²) in [5.74, 6) is 1.98. The molecule has 0 saturated heterocycles. The number of nitrogen functional groups attached to an aromatic ring is 1. The van der Waals surface area contributed by atoms with Gasteiger partial charge in [0.15, 0.2) is 11.9 Å². The fourth-order valence-electron chi connectivity index (χ4n) is 1.88. The highest BCUT2D eigenvalue weighted by atomic mass is 16.5. The molecule has 5 heteroatoms. The van der Waals surface area contributed by atoms with Crippen LogP contribution in [0.3, 0.4) is 0 Å². The van der Waals surface area contributed by atoms with Crippen LogP contribution in [-0.4, -0.2) is 14.8 Å². The van der Waals surface area contributed by atoms with E-state index in [1.165, 1.54) is 5.56 Å². The van der Waals surface area contributed by atoms with Gasteiger partial charge in [0.05, 0.1) is 0 Å². The lowest BCUT2D eigenvalue weighted by Gasteiger charge is -2.04. The van der Waals surface area contributed by atoms with Crippen molar-refractivity contribution in [1.82, 2.24) is 14.8 Å². The maximum absolute atomic E-state index is 5.77. The summed E-state index contributed by atoms with van der Waals surface area (Å²) in [4.78, 5) is 4.18. The number of nitrogens with zero attached hydrogens (tertiary/aromatic N) is 3. The Morgan fingerprint density at radius 1 is 1.44 bits per heavy atom. The molecule has 1 atom stereocenters. The van der Waals surface area contributed by atoms with Crippen molar-refractivity contribution in [3.63, 3.8) is 0 Å². The summed E-state index contributed by atoms with van der Waals surface area (Å²) in [6.07, 6.45) is 0.695. The smallest absolute Gasteiger partial charge is 0.218 e. The highest BCUT2D eigenvalue weighted by Crippen LogP contribution is 2.35. The minimum absolute atomic E-state index is 0.110. The van der Waals surface area contributed by atoms with Crippen molar-refractivity contribution >= 4 is 5.95 Å². The molecular formula is C11H12N4O. The molecule has 0 amide bonds. The molecule has 0 aliphatic carbocycles. The summed E-state index contributed by atoms with van der Waals surface area (Å²) in [5.41, 5.74) is 6.84. The van der Waals surface area contributed by atoms with Crippen molar-refractivity contribution in [3.05, 3.63) is 35.7 Å². The third-order valence-electron chi connectivity index (χ3n) is 2.75. The quantitative estimate of drug-likeness (QED) is 0.774. The van der Waals surface area contributed by atoms with Crippen LogP contribution in [0, 0.1) is 0 Å². The number of anilines is 1. The number of rotatable bonds is 1. The third kappa shape index (κ3) is 1.32. The van der Waals surface area contributed by atoms with Crippen LogP contribution < -0.4 is 10.5 Å². The molecule has 2 N–H and O–H groups in total. The van der Waals surface area contributed by atoms with Crippen LogP contribution >= 0.6 is 0 Å². The summed E-state index contributed by atoms with van der Waals surface area (Å²) >= 11 is 0. The first kappa shape index (κ1) is 9.21. The first-order valence-corrected chi connectivity index (χ1v) is 5.15. The Kier molecular flexibility index (Phi) is 1.86. The number of aromatic nitrogens is 3. The monoisotopic (exact) mass is 216 g/mol. The van der Waals surface area contributed by atoms with Gasteiger partial charge in [-0.15, -0.1) is 0 Å². The molecule has 1 unspecified atom stereocenters. The first-order chi connectivity index (χ1) is 7.74. The lowest BCUT2D eigenvalue weighted by molar-refractivity contribution is 0.227. The number of nitrogens with two attached hydrogens (primary N) is 1. The molecule has 1 aliphatic rings. The van der Waals surface area contributed by atoms with Crippen molar-refractivity contribution in [1.29, 1.82) is 0 Å². The minimum atomic E-state index is -0.110. The molecule has 82 valence electrons. The second kappa shape index (κ2) is 3.23. The van der Waals surface area contributed by atoms with Crippen LogP contribution in [0.5, 0.6) is 5.75 Å². The number of benzene rings is 1. The van der Waals surface area contributed by atoms with E-state index in [9.17, 15) is 0 Å². The average molecular weight is 216 g/mol. The highest BCUT2D eigenvalue weighted by Gasteiger charge is 2.27. The number of fused-ring (bicyclic) bond motifs is 1. The summed E-state index contributed by atoms with van der Waals surface area (Å²) in [5, 5.41) is 4.23. The minimum Gasteiger partial charge on any atom is -0.482 e. The Hall–Kier alpha value is -2.04. The second-order valence-electron chi connectivity index (χ2n) is 3.87. The summed E-state index contributed by atoms with van der Waals surface area (Å²) in [7, 11) is 1.77. The van der Waals surface area contributed by atoms with Crippen LogP contribution in [0.15, 0.2) is 24.3 Å². The summed E-state index contributed by atoms with van der Waals surface area (Å²) in [6, 6.07) is 7.98. The Morgan fingerprint density at radius 2 is 2.25 bits per heavy atom. The average Bonchev–Trinajstić information content (AvgIpc) is 2.83. The predicted molar refractivity (Wildman–Crippen MR) is 58.9 cm³/mol. The van der Waals surface area contributed by atoms with Crippen LogP contribution in [0.4, 0.5) is 5.95 Å². The predicted octanol–water partition coefficient (Wildman–Crippen LogP) is 1.07. The summed E-state index contributed by atoms with van der Waals surface area (Å²) in [6.45, 7) is 0. The van der Waals surface area contributed by atoms with Gasteiger partial charge in [-0.25, -0.2) is 4.68 Å². The fraction of sp³-hybridized carbons (Fsp3) is 0.273. The topological polar surface area (TPSA) is 66.0 Å². The van der Waals surface area contributed by atoms with Crippen molar-refractivity contribution < 1.29 is 4.74 Å². The van der Waals surface area contributed by atoms with E-state index in [-0.39, 0.29) is 6.10 Å². The number of ether oxygens (including phenoxy) is 1. The van der Waals surface area contributed by atoms with Gasteiger partial charge in [0, 0.05) is 13.5 Å². The van der Waals surface area contributed by atoms with Gasteiger partial charge in [0.1, 0.15) is 5.75 Å². The molecule has 2 aromatic rings. The normalized spacial score (nSPS) is 18.2. The van der Waals surface area contributed by atoms with Gasteiger partial charge < -0.3 is 10.5 Å². The zero-order chi connectivity index (χ0) is 11.1.